The number of rotatable bonds is 5. The zero-order valence-electron chi connectivity index (χ0n) is 11.9. The molecule has 98 valence electrons. The molecule has 0 aliphatic carbocycles. The number of nitrogens with zero attached hydrogens (tertiary/aromatic N) is 4. The highest BCUT2D eigenvalue weighted by Crippen LogP contribution is 2.21. The molecule has 1 heterocycles. The molecule has 0 aromatic carbocycles. The number of hydrogen-bond acceptors (Lipinski definition) is 4. The van der Waals surface area contributed by atoms with E-state index in [4.69, 9.17) is 0 Å². The lowest BCUT2D eigenvalue weighted by Crippen LogP contribution is -2.36. The standard InChI is InChI=1S/C12H25N5/c1-7-10(9(2)3)17-11(14-15-16-17)8-13-12(4,5)6/h9-10,13H,7-8H2,1-6H3. The van der Waals surface area contributed by atoms with Crippen molar-refractivity contribution < 1.29 is 0 Å². The van der Waals surface area contributed by atoms with E-state index in [1.807, 2.05) is 4.68 Å². The maximum absolute atomic E-state index is 4.12. The maximum Gasteiger partial charge on any atom is 0.165 e. The zero-order valence-corrected chi connectivity index (χ0v) is 11.9. The Bertz CT molecular complexity index is 337. The smallest absolute Gasteiger partial charge is 0.165 e. The SMILES string of the molecule is CCC(C(C)C)n1nnnc1CNC(C)(C)C. The molecule has 0 bridgehead atoms. The summed E-state index contributed by atoms with van der Waals surface area (Å²) in [5.74, 6) is 1.46. The van der Waals surface area contributed by atoms with Crippen LogP contribution in [0.2, 0.25) is 0 Å². The van der Waals surface area contributed by atoms with Gasteiger partial charge >= 0.3 is 0 Å². The molecular formula is C12H25N5. The number of hydrogen-bond donors (Lipinski definition) is 1. The maximum atomic E-state index is 4.12. The summed E-state index contributed by atoms with van der Waals surface area (Å²) in [6, 6.07) is 0.377. The van der Waals surface area contributed by atoms with Gasteiger partial charge in [0.05, 0.1) is 12.6 Å². The van der Waals surface area contributed by atoms with Crippen LogP contribution in [0.3, 0.4) is 0 Å². The van der Waals surface area contributed by atoms with Crippen molar-refractivity contribution in [2.75, 3.05) is 0 Å². The van der Waals surface area contributed by atoms with Crippen LogP contribution in [0.1, 0.15) is 59.8 Å². The zero-order chi connectivity index (χ0) is 13.1. The van der Waals surface area contributed by atoms with Gasteiger partial charge in [0, 0.05) is 5.54 Å². The molecule has 0 amide bonds. The van der Waals surface area contributed by atoms with Crippen LogP contribution < -0.4 is 5.32 Å². The third-order valence-electron chi connectivity index (χ3n) is 2.84. The van der Waals surface area contributed by atoms with Crippen LogP contribution in [0.15, 0.2) is 0 Å². The highest BCUT2D eigenvalue weighted by Gasteiger charge is 2.19. The summed E-state index contributed by atoms with van der Waals surface area (Å²) in [4.78, 5) is 0. The molecule has 0 aliphatic rings. The Morgan fingerprint density at radius 1 is 1.29 bits per heavy atom. The van der Waals surface area contributed by atoms with Gasteiger partial charge in [0.1, 0.15) is 0 Å². The van der Waals surface area contributed by atoms with Crippen LogP contribution in [0.5, 0.6) is 0 Å². The first-order valence-electron chi connectivity index (χ1n) is 6.37. The number of aromatic nitrogens is 4. The fourth-order valence-electron chi connectivity index (χ4n) is 1.86. The van der Waals surface area contributed by atoms with Crippen molar-refractivity contribution in [2.45, 2.75) is 66.1 Å². The Morgan fingerprint density at radius 2 is 1.94 bits per heavy atom. The van der Waals surface area contributed by atoms with Crippen molar-refractivity contribution >= 4 is 0 Å². The van der Waals surface area contributed by atoms with Gasteiger partial charge in [0.15, 0.2) is 5.82 Å². The average Bonchev–Trinajstić information content (AvgIpc) is 2.62. The minimum absolute atomic E-state index is 0.0797. The summed E-state index contributed by atoms with van der Waals surface area (Å²) >= 11 is 0. The van der Waals surface area contributed by atoms with Gasteiger partial charge in [-0.15, -0.1) is 5.10 Å². The lowest BCUT2D eigenvalue weighted by molar-refractivity contribution is 0.313. The number of nitrogens with one attached hydrogen (secondary N) is 1. The molecule has 17 heavy (non-hydrogen) atoms. The quantitative estimate of drug-likeness (QED) is 0.855. The predicted octanol–water partition coefficient (Wildman–Crippen LogP) is 2.17. The summed E-state index contributed by atoms with van der Waals surface area (Å²) in [5.41, 5.74) is 0.0797. The molecule has 1 atom stereocenters. The molecule has 1 N–H and O–H groups in total. The van der Waals surface area contributed by atoms with Crippen LogP contribution in [-0.4, -0.2) is 25.7 Å². The van der Waals surface area contributed by atoms with Crippen molar-refractivity contribution in [1.29, 1.82) is 0 Å². The van der Waals surface area contributed by atoms with Crippen molar-refractivity contribution in [3.05, 3.63) is 5.82 Å². The van der Waals surface area contributed by atoms with E-state index in [1.54, 1.807) is 0 Å². The predicted molar refractivity (Wildman–Crippen MR) is 68.6 cm³/mol. The second kappa shape index (κ2) is 5.58. The first-order chi connectivity index (χ1) is 7.85. The van der Waals surface area contributed by atoms with Crippen molar-refractivity contribution in [3.8, 4) is 0 Å². The normalized spacial score (nSPS) is 14.3. The molecule has 0 saturated heterocycles. The Kier molecular flexibility index (Phi) is 4.62. The Balaban J connectivity index is 2.78. The highest BCUT2D eigenvalue weighted by molar-refractivity contribution is 4.87. The van der Waals surface area contributed by atoms with E-state index < -0.39 is 0 Å². The first kappa shape index (κ1) is 14.1. The van der Waals surface area contributed by atoms with Crippen LogP contribution in [0.25, 0.3) is 0 Å². The average molecular weight is 239 g/mol. The van der Waals surface area contributed by atoms with E-state index in [0.29, 0.717) is 18.5 Å². The van der Waals surface area contributed by atoms with Gasteiger partial charge in [-0.3, -0.25) is 0 Å². The molecule has 0 fully saturated rings. The second-order valence-electron chi connectivity index (χ2n) is 5.86. The summed E-state index contributed by atoms with van der Waals surface area (Å²) < 4.78 is 1.96. The minimum atomic E-state index is 0.0797. The van der Waals surface area contributed by atoms with Gasteiger partial charge in [0.25, 0.3) is 0 Å². The molecule has 1 aromatic rings. The molecule has 5 heteroatoms. The highest BCUT2D eigenvalue weighted by atomic mass is 15.6. The number of tetrazole rings is 1. The van der Waals surface area contributed by atoms with Gasteiger partial charge in [-0.2, -0.15) is 0 Å². The molecule has 0 saturated carbocycles. The minimum Gasteiger partial charge on any atom is -0.305 e. The molecule has 0 aliphatic heterocycles. The van der Waals surface area contributed by atoms with Crippen LogP contribution in [0.4, 0.5) is 0 Å². The Morgan fingerprint density at radius 3 is 2.41 bits per heavy atom. The van der Waals surface area contributed by atoms with Crippen LogP contribution in [-0.2, 0) is 6.54 Å². The van der Waals surface area contributed by atoms with E-state index in [1.165, 1.54) is 0 Å². The van der Waals surface area contributed by atoms with Crippen molar-refractivity contribution in [2.24, 2.45) is 5.92 Å². The largest absolute Gasteiger partial charge is 0.305 e. The lowest BCUT2D eigenvalue weighted by atomic mass is 10.0. The van der Waals surface area contributed by atoms with E-state index in [9.17, 15) is 0 Å². The van der Waals surface area contributed by atoms with E-state index >= 15 is 0 Å². The van der Waals surface area contributed by atoms with Gasteiger partial charge in [-0.1, -0.05) is 20.8 Å². The van der Waals surface area contributed by atoms with Gasteiger partial charge in [0.2, 0.25) is 0 Å². The third kappa shape index (κ3) is 4.07. The molecule has 0 radical (unpaired) electrons. The van der Waals surface area contributed by atoms with Gasteiger partial charge in [-0.05, 0) is 43.5 Å². The molecule has 1 rings (SSSR count). The second-order valence-corrected chi connectivity index (χ2v) is 5.86. The van der Waals surface area contributed by atoms with Crippen molar-refractivity contribution in [3.63, 3.8) is 0 Å². The molecule has 1 unspecified atom stereocenters. The topological polar surface area (TPSA) is 55.6 Å². The first-order valence-corrected chi connectivity index (χ1v) is 6.37. The van der Waals surface area contributed by atoms with Gasteiger partial charge in [-0.25, -0.2) is 4.68 Å². The van der Waals surface area contributed by atoms with Crippen LogP contribution >= 0.6 is 0 Å². The van der Waals surface area contributed by atoms with Gasteiger partial charge < -0.3 is 5.32 Å². The molecule has 1 aromatic heterocycles. The fourth-order valence-corrected chi connectivity index (χ4v) is 1.86. The molecule has 0 spiro atoms. The monoisotopic (exact) mass is 239 g/mol. The van der Waals surface area contributed by atoms with Crippen LogP contribution in [0, 0.1) is 5.92 Å². The Labute approximate surface area is 104 Å². The Hall–Kier alpha value is -0.970. The third-order valence-corrected chi connectivity index (χ3v) is 2.84. The van der Waals surface area contributed by atoms with E-state index in [-0.39, 0.29) is 5.54 Å². The molecular weight excluding hydrogens is 214 g/mol. The van der Waals surface area contributed by atoms with Crippen molar-refractivity contribution in [1.82, 2.24) is 25.5 Å². The molecule has 5 nitrogen and oxygen atoms in total. The van der Waals surface area contributed by atoms with E-state index in [0.717, 1.165) is 12.2 Å². The summed E-state index contributed by atoms with van der Waals surface area (Å²) in [6.07, 6.45) is 1.05. The fraction of sp³-hybridized carbons (Fsp3) is 0.917. The summed E-state index contributed by atoms with van der Waals surface area (Å²) in [6.45, 7) is 13.7. The van der Waals surface area contributed by atoms with E-state index in [2.05, 4.69) is 62.4 Å². The summed E-state index contributed by atoms with van der Waals surface area (Å²) in [7, 11) is 0. The lowest BCUT2D eigenvalue weighted by Gasteiger charge is -2.23. The summed E-state index contributed by atoms with van der Waals surface area (Å²) in [5, 5.41) is 15.5.